The number of hydrogen-bond donors (Lipinski definition) is 2. The third kappa shape index (κ3) is 1.92. The van der Waals surface area contributed by atoms with Crippen molar-refractivity contribution in [3.05, 3.63) is 0 Å². The first-order valence-corrected chi connectivity index (χ1v) is 8.06. The Bertz CT molecular complexity index is 273. The Balaban J connectivity index is 1.78. The Morgan fingerprint density at radius 1 is 0.667 bits per heavy atom. The van der Waals surface area contributed by atoms with Gasteiger partial charge in [-0.05, 0) is 61.4 Å². The lowest BCUT2D eigenvalue weighted by Crippen LogP contribution is -2.66. The van der Waals surface area contributed by atoms with Gasteiger partial charge in [0.25, 0.3) is 0 Å². The molecule has 8 atom stereocenters. The molecule has 104 valence electrons. The lowest BCUT2D eigenvalue weighted by molar-refractivity contribution is 0.00583. The predicted molar refractivity (Wildman–Crippen MR) is 76.5 cm³/mol. The highest BCUT2D eigenvalue weighted by atomic mass is 15.1. The molecule has 0 bridgehead atoms. The molecular weight excluding hydrogens is 220 g/mol. The average Bonchev–Trinajstić information content (AvgIpc) is 2.38. The molecule has 0 aromatic rings. The van der Waals surface area contributed by atoms with Gasteiger partial charge >= 0.3 is 0 Å². The molecule has 0 radical (unpaired) electrons. The summed E-state index contributed by atoms with van der Waals surface area (Å²) < 4.78 is 0. The van der Waals surface area contributed by atoms with Crippen molar-refractivity contribution in [1.82, 2.24) is 10.6 Å². The first-order valence-electron chi connectivity index (χ1n) is 8.06. The van der Waals surface area contributed by atoms with Gasteiger partial charge in [-0.2, -0.15) is 0 Å². The van der Waals surface area contributed by atoms with Crippen LogP contribution in [0.1, 0.15) is 40.5 Å². The van der Waals surface area contributed by atoms with Gasteiger partial charge in [0.2, 0.25) is 0 Å². The van der Waals surface area contributed by atoms with Crippen molar-refractivity contribution in [1.29, 1.82) is 0 Å². The summed E-state index contributed by atoms with van der Waals surface area (Å²) in [6.07, 6.45) is 2.90. The zero-order chi connectivity index (χ0) is 12.9. The number of hydrogen-bond acceptors (Lipinski definition) is 2. The fourth-order valence-corrected chi connectivity index (χ4v) is 4.87. The van der Waals surface area contributed by atoms with Crippen LogP contribution >= 0.6 is 0 Å². The fourth-order valence-electron chi connectivity index (χ4n) is 4.87. The van der Waals surface area contributed by atoms with Crippen LogP contribution in [0.15, 0.2) is 0 Å². The molecule has 2 heteroatoms. The van der Waals surface area contributed by atoms with Gasteiger partial charge in [-0.3, -0.25) is 0 Å². The normalized spacial score (nSPS) is 56.7. The van der Waals surface area contributed by atoms with Crippen molar-refractivity contribution in [3.8, 4) is 0 Å². The van der Waals surface area contributed by atoms with E-state index in [9.17, 15) is 0 Å². The maximum Gasteiger partial charge on any atom is 0.0254 e. The van der Waals surface area contributed by atoms with E-state index in [4.69, 9.17) is 0 Å². The van der Waals surface area contributed by atoms with Gasteiger partial charge < -0.3 is 10.6 Å². The van der Waals surface area contributed by atoms with Crippen molar-refractivity contribution in [2.45, 2.75) is 52.6 Å². The Labute approximate surface area is 112 Å². The van der Waals surface area contributed by atoms with Crippen LogP contribution in [0.25, 0.3) is 0 Å². The van der Waals surface area contributed by atoms with Crippen LogP contribution < -0.4 is 10.6 Å². The Morgan fingerprint density at radius 3 is 1.44 bits per heavy atom. The van der Waals surface area contributed by atoms with Crippen LogP contribution in [-0.4, -0.2) is 25.2 Å². The second-order valence-electron chi connectivity index (χ2n) is 7.45. The first-order chi connectivity index (χ1) is 8.59. The maximum atomic E-state index is 3.87. The number of nitrogens with one attached hydrogen (secondary N) is 2. The van der Waals surface area contributed by atoms with Crippen molar-refractivity contribution in [2.24, 2.45) is 35.5 Å². The van der Waals surface area contributed by atoms with Crippen molar-refractivity contribution >= 4 is 0 Å². The van der Waals surface area contributed by atoms with Crippen molar-refractivity contribution < 1.29 is 0 Å². The summed E-state index contributed by atoms with van der Waals surface area (Å²) >= 11 is 0. The lowest BCUT2D eigenvalue weighted by Gasteiger charge is -2.55. The molecule has 3 fully saturated rings. The Kier molecular flexibility index (Phi) is 3.44. The maximum absolute atomic E-state index is 3.87. The summed E-state index contributed by atoms with van der Waals surface area (Å²) in [4.78, 5) is 0. The lowest BCUT2D eigenvalue weighted by atomic mass is 9.60. The summed E-state index contributed by atoms with van der Waals surface area (Å²) in [5, 5.41) is 7.75. The van der Waals surface area contributed by atoms with Crippen LogP contribution in [-0.2, 0) is 0 Å². The molecule has 1 saturated carbocycles. The smallest absolute Gasteiger partial charge is 0.0254 e. The molecule has 3 rings (SSSR count). The fraction of sp³-hybridized carbons (Fsp3) is 1.00. The van der Waals surface area contributed by atoms with Crippen molar-refractivity contribution in [3.63, 3.8) is 0 Å². The highest BCUT2D eigenvalue weighted by molar-refractivity contribution is 5.04. The number of piperidine rings is 2. The first kappa shape index (κ1) is 12.9. The molecule has 0 aromatic heterocycles. The molecule has 0 spiro atoms. The van der Waals surface area contributed by atoms with E-state index < -0.39 is 0 Å². The third-order valence-electron chi connectivity index (χ3n) is 6.64. The van der Waals surface area contributed by atoms with E-state index in [1.165, 1.54) is 25.9 Å². The quantitative estimate of drug-likeness (QED) is 0.690. The predicted octanol–water partition coefficient (Wildman–Crippen LogP) is 2.50. The van der Waals surface area contributed by atoms with E-state index >= 15 is 0 Å². The monoisotopic (exact) mass is 250 g/mol. The highest BCUT2D eigenvalue weighted by Crippen LogP contribution is 2.44. The van der Waals surface area contributed by atoms with Gasteiger partial charge in [-0.25, -0.2) is 0 Å². The van der Waals surface area contributed by atoms with Crippen LogP contribution in [0, 0.1) is 35.5 Å². The van der Waals surface area contributed by atoms with Gasteiger partial charge in [0.15, 0.2) is 0 Å². The van der Waals surface area contributed by atoms with Gasteiger partial charge in [0.05, 0.1) is 0 Å². The third-order valence-corrected chi connectivity index (χ3v) is 6.64. The minimum Gasteiger partial charge on any atom is -0.312 e. The van der Waals surface area contributed by atoms with E-state index in [1.54, 1.807) is 0 Å². The molecular formula is C16H30N2. The van der Waals surface area contributed by atoms with E-state index in [0.29, 0.717) is 0 Å². The molecule has 0 amide bonds. The van der Waals surface area contributed by atoms with Crippen LogP contribution in [0.4, 0.5) is 0 Å². The van der Waals surface area contributed by atoms with E-state index in [0.717, 1.165) is 47.6 Å². The topological polar surface area (TPSA) is 24.1 Å². The molecule has 2 heterocycles. The number of fused-ring (bicyclic) bond motifs is 3. The molecule has 2 N–H and O–H groups in total. The second-order valence-corrected chi connectivity index (χ2v) is 7.45. The summed E-state index contributed by atoms with van der Waals surface area (Å²) in [6, 6.07) is 1.48. The molecule has 2 nitrogen and oxygen atoms in total. The SMILES string of the molecule is CC1CNC2C(CCC3C(C)C(C)CNC32)C1C. The summed E-state index contributed by atoms with van der Waals surface area (Å²) in [5.74, 6) is 5.30. The van der Waals surface area contributed by atoms with Crippen LogP contribution in [0.3, 0.4) is 0 Å². The molecule has 2 aliphatic heterocycles. The standard InChI is InChI=1S/C16H30N2/c1-9-7-17-15-13(11(9)3)5-6-14-12(4)10(2)8-18-16(14)15/h9-18H,5-8H2,1-4H3. The van der Waals surface area contributed by atoms with E-state index in [2.05, 4.69) is 38.3 Å². The molecule has 0 aromatic carbocycles. The summed E-state index contributed by atoms with van der Waals surface area (Å²) in [7, 11) is 0. The molecule has 18 heavy (non-hydrogen) atoms. The minimum atomic E-state index is 0.741. The molecule has 2 saturated heterocycles. The summed E-state index contributed by atoms with van der Waals surface area (Å²) in [5.41, 5.74) is 0. The zero-order valence-corrected chi connectivity index (χ0v) is 12.4. The molecule has 1 aliphatic carbocycles. The zero-order valence-electron chi connectivity index (χ0n) is 12.4. The van der Waals surface area contributed by atoms with Crippen LogP contribution in [0.5, 0.6) is 0 Å². The second kappa shape index (κ2) is 4.79. The minimum absolute atomic E-state index is 0.741. The number of rotatable bonds is 0. The van der Waals surface area contributed by atoms with Gasteiger partial charge in [-0.15, -0.1) is 0 Å². The Morgan fingerprint density at radius 2 is 1.06 bits per heavy atom. The largest absolute Gasteiger partial charge is 0.312 e. The van der Waals surface area contributed by atoms with Crippen LogP contribution in [0.2, 0.25) is 0 Å². The Hall–Kier alpha value is -0.0800. The average molecular weight is 250 g/mol. The van der Waals surface area contributed by atoms with Gasteiger partial charge in [0.1, 0.15) is 0 Å². The van der Waals surface area contributed by atoms with Gasteiger partial charge in [-0.1, -0.05) is 27.7 Å². The van der Waals surface area contributed by atoms with Crippen molar-refractivity contribution in [2.75, 3.05) is 13.1 Å². The van der Waals surface area contributed by atoms with Gasteiger partial charge in [0, 0.05) is 12.1 Å². The van der Waals surface area contributed by atoms with E-state index in [1.807, 2.05) is 0 Å². The molecule has 3 aliphatic rings. The molecule has 8 unspecified atom stereocenters. The van der Waals surface area contributed by atoms with E-state index in [-0.39, 0.29) is 0 Å². The highest BCUT2D eigenvalue weighted by Gasteiger charge is 2.48. The summed E-state index contributed by atoms with van der Waals surface area (Å²) in [6.45, 7) is 12.2.